The fraction of sp³-hybridized carbons (Fsp3) is 0.526. The molecule has 0 atom stereocenters. The van der Waals surface area contributed by atoms with Crippen LogP contribution in [0.25, 0.3) is 0 Å². The molecule has 1 aliphatic heterocycles. The number of hydrogen-bond donors (Lipinski definition) is 2. The van der Waals surface area contributed by atoms with Gasteiger partial charge >= 0.3 is 0 Å². The van der Waals surface area contributed by atoms with Gasteiger partial charge in [0.2, 0.25) is 10.0 Å². The number of amides is 1. The fourth-order valence-electron chi connectivity index (χ4n) is 3.64. The lowest BCUT2D eigenvalue weighted by Gasteiger charge is -2.20. The maximum atomic E-state index is 12.8. The molecule has 2 fully saturated rings. The molecule has 1 aromatic carbocycles. The minimum Gasteiger partial charge on any atom is -0.345 e. The summed E-state index contributed by atoms with van der Waals surface area (Å²) in [5.41, 5.74) is 0.409. The van der Waals surface area contributed by atoms with Crippen molar-refractivity contribution in [1.82, 2.24) is 24.4 Å². The number of aromatic nitrogens is 3. The third-order valence-corrected chi connectivity index (χ3v) is 7.62. The van der Waals surface area contributed by atoms with E-state index in [0.717, 1.165) is 38.5 Å². The van der Waals surface area contributed by atoms with Crippen LogP contribution in [0.3, 0.4) is 0 Å². The molecule has 0 bridgehead atoms. The van der Waals surface area contributed by atoms with E-state index in [1.165, 1.54) is 12.1 Å². The van der Waals surface area contributed by atoms with Crippen LogP contribution in [0.5, 0.6) is 0 Å². The molecule has 1 aliphatic carbocycles. The zero-order chi connectivity index (χ0) is 20.4. The Bertz CT molecular complexity index is 1030. The molecule has 4 rings (SSSR count). The highest BCUT2D eigenvalue weighted by atomic mass is 32.2. The average Bonchev–Trinajstić information content (AvgIpc) is 3.53. The van der Waals surface area contributed by atoms with E-state index in [4.69, 9.17) is 12.2 Å². The molecule has 1 amide bonds. The molecule has 156 valence electrons. The minimum atomic E-state index is -3.52. The van der Waals surface area contributed by atoms with Gasteiger partial charge in [-0.3, -0.25) is 14.5 Å². The first kappa shape index (κ1) is 20.2. The topological polar surface area (TPSA) is 100 Å². The van der Waals surface area contributed by atoms with E-state index < -0.39 is 10.0 Å². The van der Waals surface area contributed by atoms with Gasteiger partial charge in [0.1, 0.15) is 0 Å². The molecule has 1 saturated heterocycles. The number of sulfonamides is 1. The van der Waals surface area contributed by atoms with Crippen LogP contribution < -0.4 is 5.32 Å². The number of hydrogen-bond acceptors (Lipinski definition) is 5. The van der Waals surface area contributed by atoms with Crippen LogP contribution in [0.4, 0.5) is 0 Å². The summed E-state index contributed by atoms with van der Waals surface area (Å²) >= 11 is 5.25. The third-order valence-electron chi connectivity index (χ3n) is 5.42. The van der Waals surface area contributed by atoms with Crippen molar-refractivity contribution >= 4 is 28.1 Å². The van der Waals surface area contributed by atoms with E-state index in [1.54, 1.807) is 16.4 Å². The van der Waals surface area contributed by atoms with Crippen molar-refractivity contribution in [2.75, 3.05) is 13.1 Å². The van der Waals surface area contributed by atoms with Crippen molar-refractivity contribution in [1.29, 1.82) is 0 Å². The number of carbonyl (C=O) groups is 1. The molecule has 2 N–H and O–H groups in total. The first-order valence-corrected chi connectivity index (χ1v) is 11.9. The molecular formula is C19H25N5O3S2. The molecule has 0 radical (unpaired) electrons. The standard InChI is InChI=1S/C19H25N5O3S2/c25-18(20-13-17-21-22-19(28)24(17)15-7-8-15)14-5-9-16(10-6-14)29(26,27)23-11-3-1-2-4-12-23/h5-6,9-10,15H,1-4,7-8,11-13H2,(H,20,25)(H,22,28). The SMILES string of the molecule is O=C(NCc1n[nH]c(=S)n1C1CC1)c1ccc(S(=O)(=O)N2CCCCCC2)cc1. The van der Waals surface area contributed by atoms with Gasteiger partial charge in [0, 0.05) is 24.7 Å². The van der Waals surface area contributed by atoms with Gasteiger partial charge in [-0.15, -0.1) is 0 Å². The van der Waals surface area contributed by atoms with Crippen molar-refractivity contribution in [2.24, 2.45) is 0 Å². The maximum Gasteiger partial charge on any atom is 0.251 e. The molecule has 2 aliphatic rings. The van der Waals surface area contributed by atoms with Gasteiger partial charge in [-0.1, -0.05) is 12.8 Å². The zero-order valence-corrected chi connectivity index (χ0v) is 17.8. The Morgan fingerprint density at radius 1 is 1.14 bits per heavy atom. The summed E-state index contributed by atoms with van der Waals surface area (Å²) in [7, 11) is -3.52. The molecule has 1 saturated carbocycles. The van der Waals surface area contributed by atoms with Crippen LogP contribution in [0.1, 0.15) is 60.7 Å². The van der Waals surface area contributed by atoms with E-state index in [1.807, 2.05) is 4.57 Å². The van der Waals surface area contributed by atoms with Crippen molar-refractivity contribution in [3.63, 3.8) is 0 Å². The molecule has 8 nitrogen and oxygen atoms in total. The Balaban J connectivity index is 1.42. The fourth-order valence-corrected chi connectivity index (χ4v) is 5.46. The van der Waals surface area contributed by atoms with E-state index in [2.05, 4.69) is 15.5 Å². The lowest BCUT2D eigenvalue weighted by Crippen LogP contribution is -2.32. The second-order valence-corrected chi connectivity index (χ2v) is 9.90. The number of H-pyrrole nitrogens is 1. The van der Waals surface area contributed by atoms with Crippen LogP contribution in [0, 0.1) is 4.77 Å². The summed E-state index contributed by atoms with van der Waals surface area (Å²) < 4.78 is 29.8. The van der Waals surface area contributed by atoms with E-state index in [0.29, 0.717) is 35.3 Å². The van der Waals surface area contributed by atoms with E-state index >= 15 is 0 Å². The van der Waals surface area contributed by atoms with Crippen LogP contribution in [0.2, 0.25) is 0 Å². The largest absolute Gasteiger partial charge is 0.345 e. The molecule has 29 heavy (non-hydrogen) atoms. The molecule has 0 spiro atoms. The van der Waals surface area contributed by atoms with Gasteiger partial charge in [-0.2, -0.15) is 9.40 Å². The van der Waals surface area contributed by atoms with Gasteiger partial charge in [0.15, 0.2) is 10.6 Å². The summed E-state index contributed by atoms with van der Waals surface area (Å²) in [5.74, 6) is 0.422. The van der Waals surface area contributed by atoms with Crippen LogP contribution in [-0.4, -0.2) is 46.5 Å². The molecule has 2 aromatic rings. The summed E-state index contributed by atoms with van der Waals surface area (Å²) in [6, 6.07) is 6.50. The number of rotatable bonds is 6. The van der Waals surface area contributed by atoms with Crippen LogP contribution in [-0.2, 0) is 16.6 Å². The Kier molecular flexibility index (Phi) is 5.84. The highest BCUT2D eigenvalue weighted by molar-refractivity contribution is 7.89. The normalized spacial score (nSPS) is 18.3. The van der Waals surface area contributed by atoms with Crippen molar-refractivity contribution in [2.45, 2.75) is 56.0 Å². The average molecular weight is 436 g/mol. The first-order chi connectivity index (χ1) is 14.0. The first-order valence-electron chi connectivity index (χ1n) is 10.0. The highest BCUT2D eigenvalue weighted by Crippen LogP contribution is 2.35. The van der Waals surface area contributed by atoms with E-state index in [9.17, 15) is 13.2 Å². The molecule has 2 heterocycles. The number of aromatic amines is 1. The van der Waals surface area contributed by atoms with Gasteiger partial charge in [0.25, 0.3) is 5.91 Å². The Morgan fingerprint density at radius 3 is 2.41 bits per heavy atom. The van der Waals surface area contributed by atoms with Crippen molar-refractivity contribution in [3.8, 4) is 0 Å². The van der Waals surface area contributed by atoms with Crippen LogP contribution in [0.15, 0.2) is 29.2 Å². The summed E-state index contributed by atoms with van der Waals surface area (Å²) in [6.07, 6.45) is 6.05. The molecule has 0 unspecified atom stereocenters. The number of nitrogens with one attached hydrogen (secondary N) is 2. The van der Waals surface area contributed by atoms with Crippen molar-refractivity contribution in [3.05, 3.63) is 40.4 Å². The quantitative estimate of drug-likeness (QED) is 0.680. The smallest absolute Gasteiger partial charge is 0.251 e. The second-order valence-electron chi connectivity index (χ2n) is 7.57. The number of nitrogens with zero attached hydrogens (tertiary/aromatic N) is 3. The molecule has 1 aromatic heterocycles. The van der Waals surface area contributed by atoms with Crippen molar-refractivity contribution < 1.29 is 13.2 Å². The minimum absolute atomic E-state index is 0.227. The van der Waals surface area contributed by atoms with Gasteiger partial charge < -0.3 is 5.32 Å². The molecule has 10 heteroatoms. The van der Waals surface area contributed by atoms with Crippen LogP contribution >= 0.6 is 12.2 Å². The number of carbonyl (C=O) groups excluding carboxylic acids is 1. The lowest BCUT2D eigenvalue weighted by molar-refractivity contribution is 0.0949. The highest BCUT2D eigenvalue weighted by Gasteiger charge is 2.27. The second kappa shape index (κ2) is 8.37. The summed E-state index contributed by atoms with van der Waals surface area (Å²) in [4.78, 5) is 12.7. The van der Waals surface area contributed by atoms with Gasteiger partial charge in [0.05, 0.1) is 11.4 Å². The predicted molar refractivity (Wildman–Crippen MR) is 111 cm³/mol. The van der Waals surface area contributed by atoms with E-state index in [-0.39, 0.29) is 17.3 Å². The monoisotopic (exact) mass is 435 g/mol. The number of benzene rings is 1. The lowest BCUT2D eigenvalue weighted by atomic mass is 10.2. The molecular weight excluding hydrogens is 410 g/mol. The maximum absolute atomic E-state index is 12.8. The predicted octanol–water partition coefficient (Wildman–Crippen LogP) is 2.77. The summed E-state index contributed by atoms with van der Waals surface area (Å²) in [5, 5.41) is 9.80. The Hall–Kier alpha value is -2.04. The third kappa shape index (κ3) is 4.44. The van der Waals surface area contributed by atoms with Gasteiger partial charge in [-0.05, 0) is 62.2 Å². The zero-order valence-electron chi connectivity index (χ0n) is 16.1. The Morgan fingerprint density at radius 2 is 1.79 bits per heavy atom. The summed E-state index contributed by atoms with van der Waals surface area (Å²) in [6.45, 7) is 1.37. The van der Waals surface area contributed by atoms with Gasteiger partial charge in [-0.25, -0.2) is 8.42 Å². The Labute approximate surface area is 175 Å².